The number of rotatable bonds is 6. The van der Waals surface area contributed by atoms with Crippen molar-refractivity contribution in [3.63, 3.8) is 0 Å². The van der Waals surface area contributed by atoms with Gasteiger partial charge in [0.2, 0.25) is 0 Å². The van der Waals surface area contributed by atoms with E-state index in [4.69, 9.17) is 0 Å². The number of hydrogen-bond donors (Lipinski definition) is 0. The predicted molar refractivity (Wildman–Crippen MR) is 141 cm³/mol. The van der Waals surface area contributed by atoms with Gasteiger partial charge in [0.25, 0.3) is 0 Å². The van der Waals surface area contributed by atoms with E-state index in [0.29, 0.717) is 5.41 Å². The lowest BCUT2D eigenvalue weighted by molar-refractivity contribution is 0.0277. The third-order valence-electron chi connectivity index (χ3n) is 12.0. The fraction of sp³-hybridized carbons (Fsp3) is 1.00. The Bertz CT molecular complexity index is 528. The summed E-state index contributed by atoms with van der Waals surface area (Å²) in [5.74, 6) is 9.26. The van der Waals surface area contributed by atoms with Gasteiger partial charge in [0.05, 0.1) is 0 Å². The highest BCUT2D eigenvalue weighted by molar-refractivity contribution is 4.92. The molecule has 0 aliphatic heterocycles. The molecule has 1 atom stereocenters. The second kappa shape index (κ2) is 11.2. The maximum Gasteiger partial charge on any atom is -0.0298 e. The van der Waals surface area contributed by atoms with Gasteiger partial charge >= 0.3 is 0 Å². The van der Waals surface area contributed by atoms with Crippen LogP contribution in [0.3, 0.4) is 0 Å². The molecule has 0 saturated heterocycles. The molecule has 4 saturated carbocycles. The van der Waals surface area contributed by atoms with Gasteiger partial charge in [0, 0.05) is 0 Å². The molecule has 32 heavy (non-hydrogen) atoms. The summed E-state index contributed by atoms with van der Waals surface area (Å²) in [5, 5.41) is 0. The fourth-order valence-corrected chi connectivity index (χ4v) is 9.14. The molecule has 4 rings (SSSR count). The van der Waals surface area contributed by atoms with Gasteiger partial charge in [0.1, 0.15) is 0 Å². The van der Waals surface area contributed by atoms with Crippen LogP contribution in [0.15, 0.2) is 0 Å². The minimum Gasteiger partial charge on any atom is -0.0625 e. The second-order valence-electron chi connectivity index (χ2n) is 14.4. The molecule has 1 unspecified atom stereocenters. The van der Waals surface area contributed by atoms with Gasteiger partial charge in [-0.15, -0.1) is 0 Å². The van der Waals surface area contributed by atoms with Gasteiger partial charge in [-0.3, -0.25) is 0 Å². The Hall–Kier alpha value is 0. The average Bonchev–Trinajstić information content (AvgIpc) is 2.80. The summed E-state index contributed by atoms with van der Waals surface area (Å²) in [6.45, 7) is 12.8. The Balaban J connectivity index is 1.17. The lowest BCUT2D eigenvalue weighted by atomic mass is 9.58. The molecule has 4 aliphatic carbocycles. The van der Waals surface area contributed by atoms with E-state index in [9.17, 15) is 0 Å². The highest BCUT2D eigenvalue weighted by Crippen LogP contribution is 2.52. The Morgan fingerprint density at radius 3 is 1.47 bits per heavy atom. The van der Waals surface area contributed by atoms with Crippen molar-refractivity contribution in [1.29, 1.82) is 0 Å². The van der Waals surface area contributed by atoms with Gasteiger partial charge in [-0.1, -0.05) is 73.1 Å². The Morgan fingerprint density at radius 1 is 0.562 bits per heavy atom. The third kappa shape index (κ3) is 6.16. The third-order valence-corrected chi connectivity index (χ3v) is 12.0. The summed E-state index contributed by atoms with van der Waals surface area (Å²) in [6, 6.07) is 0. The summed E-state index contributed by atoms with van der Waals surface area (Å²) in [4.78, 5) is 0. The summed E-state index contributed by atoms with van der Waals surface area (Å²) in [6.07, 6.45) is 26.1. The molecule has 0 heterocycles. The van der Waals surface area contributed by atoms with Crippen molar-refractivity contribution < 1.29 is 0 Å². The van der Waals surface area contributed by atoms with Crippen LogP contribution in [-0.4, -0.2) is 0 Å². The normalized spacial score (nSPS) is 43.0. The van der Waals surface area contributed by atoms with Crippen molar-refractivity contribution in [2.75, 3.05) is 0 Å². The molecular weight excluding hydrogens is 384 g/mol. The van der Waals surface area contributed by atoms with Crippen molar-refractivity contribution in [3.05, 3.63) is 0 Å². The van der Waals surface area contributed by atoms with Crippen LogP contribution < -0.4 is 0 Å². The maximum atomic E-state index is 2.65. The van der Waals surface area contributed by atoms with Crippen molar-refractivity contribution >= 4 is 0 Å². The zero-order valence-corrected chi connectivity index (χ0v) is 22.7. The minimum atomic E-state index is 0.593. The molecule has 0 aromatic rings. The second-order valence-corrected chi connectivity index (χ2v) is 14.4. The zero-order valence-electron chi connectivity index (χ0n) is 22.7. The molecule has 0 N–H and O–H groups in total. The predicted octanol–water partition coefficient (Wildman–Crippen LogP) is 10.3. The van der Waals surface area contributed by atoms with Crippen molar-refractivity contribution in [2.24, 2.45) is 58.7 Å². The van der Waals surface area contributed by atoms with Crippen LogP contribution in [0.4, 0.5) is 0 Å². The van der Waals surface area contributed by atoms with Crippen LogP contribution in [0.25, 0.3) is 0 Å². The molecule has 0 spiro atoms. The fourth-order valence-electron chi connectivity index (χ4n) is 9.14. The summed E-state index contributed by atoms with van der Waals surface area (Å²) in [7, 11) is 0. The molecule has 0 radical (unpaired) electrons. The molecule has 0 aromatic carbocycles. The molecule has 0 nitrogen and oxygen atoms in total. The molecule has 0 heteroatoms. The van der Waals surface area contributed by atoms with Gasteiger partial charge < -0.3 is 0 Å². The average molecular weight is 443 g/mol. The van der Waals surface area contributed by atoms with Gasteiger partial charge in [0.15, 0.2) is 0 Å². The molecular formula is C32H58. The molecule has 0 aromatic heterocycles. The molecule has 0 amide bonds. The van der Waals surface area contributed by atoms with E-state index in [2.05, 4.69) is 34.6 Å². The largest absolute Gasteiger partial charge is 0.0625 e. The summed E-state index contributed by atoms with van der Waals surface area (Å²) >= 11 is 0. The minimum absolute atomic E-state index is 0.593. The molecule has 4 aliphatic rings. The molecule has 0 bridgehead atoms. The van der Waals surface area contributed by atoms with Crippen LogP contribution in [-0.2, 0) is 0 Å². The van der Waals surface area contributed by atoms with Crippen LogP contribution >= 0.6 is 0 Å². The Kier molecular flexibility index (Phi) is 8.75. The molecule has 4 fully saturated rings. The van der Waals surface area contributed by atoms with E-state index >= 15 is 0 Å². The molecule has 186 valence electrons. The van der Waals surface area contributed by atoms with Gasteiger partial charge in [-0.05, 0) is 129 Å². The summed E-state index contributed by atoms with van der Waals surface area (Å²) < 4.78 is 0. The highest BCUT2D eigenvalue weighted by atomic mass is 14.5. The van der Waals surface area contributed by atoms with E-state index in [0.717, 1.165) is 53.3 Å². The maximum absolute atomic E-state index is 2.65. The number of hydrogen-bond acceptors (Lipinski definition) is 0. The van der Waals surface area contributed by atoms with E-state index in [1.165, 1.54) is 51.4 Å². The highest BCUT2D eigenvalue weighted by Gasteiger charge is 2.41. The smallest absolute Gasteiger partial charge is 0.0298 e. The topological polar surface area (TPSA) is 0 Å². The van der Waals surface area contributed by atoms with E-state index < -0.39 is 0 Å². The lowest BCUT2D eigenvalue weighted by Gasteiger charge is -2.48. The lowest BCUT2D eigenvalue weighted by Crippen LogP contribution is -2.38. The monoisotopic (exact) mass is 442 g/mol. The van der Waals surface area contributed by atoms with Crippen LogP contribution in [0.5, 0.6) is 0 Å². The van der Waals surface area contributed by atoms with Crippen LogP contribution in [0, 0.1) is 58.7 Å². The van der Waals surface area contributed by atoms with E-state index in [-0.39, 0.29) is 0 Å². The van der Waals surface area contributed by atoms with Crippen molar-refractivity contribution in [1.82, 2.24) is 0 Å². The Morgan fingerprint density at radius 2 is 0.969 bits per heavy atom. The van der Waals surface area contributed by atoms with Crippen LogP contribution in [0.2, 0.25) is 0 Å². The first-order valence-electron chi connectivity index (χ1n) is 15.3. The summed E-state index contributed by atoms with van der Waals surface area (Å²) in [5.41, 5.74) is 0.593. The van der Waals surface area contributed by atoms with E-state index in [1.54, 1.807) is 57.8 Å². The van der Waals surface area contributed by atoms with Crippen molar-refractivity contribution in [2.45, 2.75) is 144 Å². The van der Waals surface area contributed by atoms with Crippen LogP contribution in [0.1, 0.15) is 144 Å². The first-order chi connectivity index (χ1) is 15.3. The van der Waals surface area contributed by atoms with Gasteiger partial charge in [-0.2, -0.15) is 0 Å². The Labute approximate surface area is 202 Å². The van der Waals surface area contributed by atoms with Gasteiger partial charge in [-0.25, -0.2) is 0 Å². The quantitative estimate of drug-likeness (QED) is 0.383. The standard InChI is InChI=1S/C32H58/c1-23-6-12-27(13-7-23)25(3)22-26-10-14-28(15-11-26)29-16-20-31(21-17-29)32(4,5)30-18-8-24(2)9-19-30/h23-31H,6-22H2,1-5H3. The first kappa shape index (κ1) is 25.1. The first-order valence-corrected chi connectivity index (χ1v) is 15.3. The van der Waals surface area contributed by atoms with E-state index in [1.807, 2.05) is 0 Å². The van der Waals surface area contributed by atoms with Crippen molar-refractivity contribution in [3.8, 4) is 0 Å². The SMILES string of the molecule is CC1CCC(C(C)CC2CCC(C3CCC(C(C)(C)C4CCC(C)CC4)CC3)CC2)CC1. The zero-order chi connectivity index (χ0) is 22.7.